The number of carbonyl (C=O) groups is 1. The predicted octanol–water partition coefficient (Wildman–Crippen LogP) is 3.92. The van der Waals surface area contributed by atoms with Crippen molar-refractivity contribution < 1.29 is 14.3 Å². The van der Waals surface area contributed by atoms with E-state index in [1.807, 2.05) is 32.9 Å². The molecular weight excluding hydrogens is 394 g/mol. The van der Waals surface area contributed by atoms with Gasteiger partial charge in [0.1, 0.15) is 11.7 Å². The molecule has 0 aliphatic carbocycles. The quantitative estimate of drug-likeness (QED) is 0.734. The van der Waals surface area contributed by atoms with Gasteiger partial charge < -0.3 is 19.3 Å². The zero-order chi connectivity index (χ0) is 21.8. The van der Waals surface area contributed by atoms with Crippen molar-refractivity contribution >= 4 is 11.9 Å². The predicted molar refractivity (Wildman–Crippen MR) is 118 cm³/mol. The number of amides is 1. The van der Waals surface area contributed by atoms with Crippen LogP contribution in [0.3, 0.4) is 0 Å². The standard InChI is InChI=1S/C23H31N5O3/c1-23(2,3)31-22(29)28-14-8-18(9-15-28)30-21-20(27-12-4-5-13-27)25-16-19(26-21)17-6-10-24-11-7-17/h6-7,10-11,16,18H,4-5,8-9,12-15H2,1-3H3. The number of hydrogen-bond donors (Lipinski definition) is 0. The van der Waals surface area contributed by atoms with Crippen LogP contribution in [0.15, 0.2) is 30.7 Å². The number of anilines is 1. The lowest BCUT2D eigenvalue weighted by atomic mass is 10.1. The molecule has 8 nitrogen and oxygen atoms in total. The average molecular weight is 426 g/mol. The molecule has 31 heavy (non-hydrogen) atoms. The van der Waals surface area contributed by atoms with Gasteiger partial charge in [-0.1, -0.05) is 0 Å². The number of likely N-dealkylation sites (tertiary alicyclic amines) is 1. The third kappa shape index (κ3) is 5.42. The molecule has 2 aromatic heterocycles. The molecule has 0 unspecified atom stereocenters. The summed E-state index contributed by atoms with van der Waals surface area (Å²) in [6.45, 7) is 8.80. The van der Waals surface area contributed by atoms with E-state index in [9.17, 15) is 4.79 Å². The smallest absolute Gasteiger partial charge is 0.410 e. The molecule has 8 heteroatoms. The number of ether oxygens (including phenoxy) is 2. The van der Waals surface area contributed by atoms with Crippen molar-refractivity contribution in [2.24, 2.45) is 0 Å². The van der Waals surface area contributed by atoms with Gasteiger partial charge in [-0.05, 0) is 45.7 Å². The maximum absolute atomic E-state index is 12.3. The molecule has 1 amide bonds. The summed E-state index contributed by atoms with van der Waals surface area (Å²) < 4.78 is 11.9. The lowest BCUT2D eigenvalue weighted by Crippen LogP contribution is -2.44. The highest BCUT2D eigenvalue weighted by molar-refractivity contribution is 5.68. The Balaban J connectivity index is 1.47. The molecule has 2 fully saturated rings. The van der Waals surface area contributed by atoms with Crippen molar-refractivity contribution in [1.82, 2.24) is 19.9 Å². The molecule has 0 aromatic carbocycles. The van der Waals surface area contributed by atoms with Crippen molar-refractivity contribution in [3.8, 4) is 17.1 Å². The van der Waals surface area contributed by atoms with Crippen LogP contribution >= 0.6 is 0 Å². The van der Waals surface area contributed by atoms with E-state index in [-0.39, 0.29) is 12.2 Å². The first-order chi connectivity index (χ1) is 14.9. The topological polar surface area (TPSA) is 80.7 Å². The Hall–Kier alpha value is -2.90. The van der Waals surface area contributed by atoms with Crippen LogP contribution in [-0.4, -0.2) is 63.8 Å². The van der Waals surface area contributed by atoms with Gasteiger partial charge in [0.05, 0.1) is 11.9 Å². The summed E-state index contributed by atoms with van der Waals surface area (Å²) in [7, 11) is 0. The second-order valence-electron chi connectivity index (χ2n) is 9.10. The maximum Gasteiger partial charge on any atom is 0.410 e. The summed E-state index contributed by atoms with van der Waals surface area (Å²) in [6.07, 6.45) is 8.81. The monoisotopic (exact) mass is 425 g/mol. The van der Waals surface area contributed by atoms with Crippen LogP contribution in [0, 0.1) is 0 Å². The largest absolute Gasteiger partial charge is 0.472 e. The van der Waals surface area contributed by atoms with E-state index in [4.69, 9.17) is 19.4 Å². The third-order valence-electron chi connectivity index (χ3n) is 5.48. The Kier molecular flexibility index (Phi) is 6.25. The lowest BCUT2D eigenvalue weighted by molar-refractivity contribution is 0.0123. The first kappa shape index (κ1) is 21.3. The molecule has 0 bridgehead atoms. The van der Waals surface area contributed by atoms with E-state index < -0.39 is 5.60 Å². The number of rotatable bonds is 4. The van der Waals surface area contributed by atoms with E-state index in [0.717, 1.165) is 55.8 Å². The number of nitrogens with zero attached hydrogens (tertiary/aromatic N) is 5. The Morgan fingerprint density at radius 2 is 1.74 bits per heavy atom. The zero-order valence-electron chi connectivity index (χ0n) is 18.6. The van der Waals surface area contributed by atoms with Crippen molar-refractivity contribution in [3.63, 3.8) is 0 Å². The fourth-order valence-electron chi connectivity index (χ4n) is 3.89. The molecule has 2 aliphatic heterocycles. The zero-order valence-corrected chi connectivity index (χ0v) is 18.6. The molecule has 0 atom stereocenters. The van der Waals surface area contributed by atoms with Gasteiger partial charge in [0, 0.05) is 57.0 Å². The van der Waals surface area contributed by atoms with Gasteiger partial charge in [-0.2, -0.15) is 0 Å². The summed E-state index contributed by atoms with van der Waals surface area (Å²) in [5.74, 6) is 1.39. The van der Waals surface area contributed by atoms with Gasteiger partial charge in [-0.15, -0.1) is 0 Å². The normalized spacial score (nSPS) is 17.6. The van der Waals surface area contributed by atoms with Crippen molar-refractivity contribution in [2.45, 2.75) is 58.2 Å². The average Bonchev–Trinajstić information content (AvgIpc) is 3.28. The SMILES string of the molecule is CC(C)(C)OC(=O)N1CCC(Oc2nc(-c3ccncc3)cnc2N2CCCC2)CC1. The van der Waals surface area contributed by atoms with Crippen LogP contribution in [-0.2, 0) is 4.74 Å². The van der Waals surface area contributed by atoms with Crippen LogP contribution in [0.25, 0.3) is 11.3 Å². The van der Waals surface area contributed by atoms with Crippen molar-refractivity contribution in [2.75, 3.05) is 31.1 Å². The van der Waals surface area contributed by atoms with E-state index in [1.54, 1.807) is 23.5 Å². The Labute approximate surface area is 183 Å². The summed E-state index contributed by atoms with van der Waals surface area (Å²) in [5.41, 5.74) is 1.24. The minimum atomic E-state index is -0.488. The number of carbonyl (C=O) groups excluding carboxylic acids is 1. The molecule has 2 saturated heterocycles. The van der Waals surface area contributed by atoms with Gasteiger partial charge in [-0.25, -0.2) is 14.8 Å². The van der Waals surface area contributed by atoms with E-state index in [1.165, 1.54) is 0 Å². The van der Waals surface area contributed by atoms with Crippen LogP contribution in [0.4, 0.5) is 10.6 Å². The Bertz CT molecular complexity index is 886. The lowest BCUT2D eigenvalue weighted by Gasteiger charge is -2.33. The number of aromatic nitrogens is 3. The summed E-state index contributed by atoms with van der Waals surface area (Å²) >= 11 is 0. The van der Waals surface area contributed by atoms with E-state index >= 15 is 0 Å². The molecular formula is C23H31N5O3. The van der Waals surface area contributed by atoms with Gasteiger partial charge in [0.25, 0.3) is 5.88 Å². The van der Waals surface area contributed by atoms with Crippen LogP contribution in [0.5, 0.6) is 5.88 Å². The number of hydrogen-bond acceptors (Lipinski definition) is 7. The fourth-order valence-corrected chi connectivity index (χ4v) is 3.89. The molecule has 0 spiro atoms. The van der Waals surface area contributed by atoms with Gasteiger partial charge in [0.15, 0.2) is 5.82 Å². The molecule has 0 radical (unpaired) electrons. The first-order valence-corrected chi connectivity index (χ1v) is 11.1. The molecule has 4 heterocycles. The highest BCUT2D eigenvalue weighted by Gasteiger charge is 2.29. The minimum absolute atomic E-state index is 0.0120. The minimum Gasteiger partial charge on any atom is -0.472 e. The molecule has 166 valence electrons. The third-order valence-corrected chi connectivity index (χ3v) is 5.48. The van der Waals surface area contributed by atoms with Crippen LogP contribution < -0.4 is 9.64 Å². The van der Waals surface area contributed by atoms with Gasteiger partial charge in [0.2, 0.25) is 0 Å². The van der Waals surface area contributed by atoms with Crippen molar-refractivity contribution in [3.05, 3.63) is 30.7 Å². The second kappa shape index (κ2) is 9.08. The Morgan fingerprint density at radius 3 is 2.39 bits per heavy atom. The Morgan fingerprint density at radius 1 is 1.06 bits per heavy atom. The van der Waals surface area contributed by atoms with Crippen LogP contribution in [0.2, 0.25) is 0 Å². The van der Waals surface area contributed by atoms with Crippen molar-refractivity contribution in [1.29, 1.82) is 0 Å². The second-order valence-corrected chi connectivity index (χ2v) is 9.10. The molecule has 0 N–H and O–H groups in total. The first-order valence-electron chi connectivity index (χ1n) is 11.1. The maximum atomic E-state index is 12.3. The molecule has 2 aromatic rings. The summed E-state index contributed by atoms with van der Waals surface area (Å²) in [6, 6.07) is 3.84. The molecule has 2 aliphatic rings. The fraction of sp³-hybridized carbons (Fsp3) is 0.565. The number of pyridine rings is 1. The highest BCUT2D eigenvalue weighted by Crippen LogP contribution is 2.31. The molecule has 4 rings (SSSR count). The van der Waals surface area contributed by atoms with Crippen LogP contribution in [0.1, 0.15) is 46.5 Å². The van der Waals surface area contributed by atoms with Gasteiger partial charge in [-0.3, -0.25) is 4.98 Å². The van der Waals surface area contributed by atoms with Gasteiger partial charge >= 0.3 is 6.09 Å². The van der Waals surface area contributed by atoms with E-state index in [0.29, 0.717) is 19.0 Å². The van der Waals surface area contributed by atoms with E-state index in [2.05, 4.69) is 9.88 Å². The summed E-state index contributed by atoms with van der Waals surface area (Å²) in [5, 5.41) is 0. The number of piperidine rings is 1. The summed E-state index contributed by atoms with van der Waals surface area (Å²) in [4.78, 5) is 30.0. The highest BCUT2D eigenvalue weighted by atomic mass is 16.6. The molecule has 0 saturated carbocycles.